The van der Waals surface area contributed by atoms with E-state index in [1.54, 1.807) is 6.20 Å². The molecular weight excluding hydrogens is 308 g/mol. The molecule has 6 heteroatoms. The maximum absolute atomic E-state index is 12.3. The van der Waals surface area contributed by atoms with Crippen LogP contribution in [0.2, 0.25) is 0 Å². The van der Waals surface area contributed by atoms with E-state index in [9.17, 15) is 4.79 Å². The molecule has 1 amide bonds. The van der Waals surface area contributed by atoms with Crippen LogP contribution in [0.4, 0.5) is 0 Å². The van der Waals surface area contributed by atoms with E-state index >= 15 is 0 Å². The molecule has 0 bridgehead atoms. The summed E-state index contributed by atoms with van der Waals surface area (Å²) in [6.45, 7) is 0.672. The van der Waals surface area contributed by atoms with Crippen LogP contribution >= 0.6 is 12.6 Å². The molecule has 0 aliphatic carbocycles. The summed E-state index contributed by atoms with van der Waals surface area (Å²) in [7, 11) is 0. The predicted octanol–water partition coefficient (Wildman–Crippen LogP) is 3.33. The molecule has 2 aromatic heterocycles. The number of hydrogen-bond acceptors (Lipinski definition) is 4. The normalized spacial score (nSPS) is 11.2. The largest absolute Gasteiger partial charge is 0.351 e. The van der Waals surface area contributed by atoms with Gasteiger partial charge < -0.3 is 5.32 Å². The number of thiol groups is 1. The highest BCUT2D eigenvalue weighted by atomic mass is 32.1. The number of fused-ring (bicyclic) bond motifs is 3. The number of nitrogens with one attached hydrogen (secondary N) is 2. The minimum absolute atomic E-state index is 0.138. The fourth-order valence-corrected chi connectivity index (χ4v) is 2.90. The molecule has 23 heavy (non-hydrogen) atoms. The van der Waals surface area contributed by atoms with Crippen molar-refractivity contribution in [1.29, 1.82) is 0 Å². The standard InChI is InChI=1S/C17H20N4OS/c22-17(19-9-3-1-2-4-11-23)16-13-8-7-12-6-5-10-18-14(12)15(13)20-21-16/h5-8,10,23H,1-4,9,11H2,(H,19,22)(H,20,21). The van der Waals surface area contributed by atoms with Crippen molar-refractivity contribution in [3.05, 3.63) is 36.2 Å². The van der Waals surface area contributed by atoms with Gasteiger partial charge in [-0.3, -0.25) is 14.9 Å². The monoisotopic (exact) mass is 328 g/mol. The minimum Gasteiger partial charge on any atom is -0.351 e. The number of nitrogens with zero attached hydrogens (tertiary/aromatic N) is 2. The molecule has 0 aliphatic heterocycles. The third-order valence-corrected chi connectivity index (χ3v) is 4.21. The second kappa shape index (κ2) is 7.46. The van der Waals surface area contributed by atoms with Gasteiger partial charge in [0.15, 0.2) is 5.69 Å². The van der Waals surface area contributed by atoms with Gasteiger partial charge in [0.05, 0.1) is 11.0 Å². The van der Waals surface area contributed by atoms with E-state index in [4.69, 9.17) is 0 Å². The van der Waals surface area contributed by atoms with Crippen LogP contribution in [0, 0.1) is 0 Å². The van der Waals surface area contributed by atoms with Gasteiger partial charge in [0.25, 0.3) is 5.91 Å². The Hall–Kier alpha value is -2.08. The first kappa shape index (κ1) is 15.8. The van der Waals surface area contributed by atoms with Crippen LogP contribution in [0.25, 0.3) is 21.8 Å². The summed E-state index contributed by atoms with van der Waals surface area (Å²) >= 11 is 4.19. The maximum atomic E-state index is 12.3. The predicted molar refractivity (Wildman–Crippen MR) is 96.0 cm³/mol. The number of carbonyl (C=O) groups is 1. The molecule has 0 atom stereocenters. The van der Waals surface area contributed by atoms with Crippen molar-refractivity contribution < 1.29 is 4.79 Å². The zero-order valence-corrected chi connectivity index (χ0v) is 13.8. The molecule has 0 unspecified atom stereocenters. The van der Waals surface area contributed by atoms with Crippen molar-refractivity contribution in [2.45, 2.75) is 25.7 Å². The highest BCUT2D eigenvalue weighted by molar-refractivity contribution is 7.80. The smallest absolute Gasteiger partial charge is 0.272 e. The zero-order chi connectivity index (χ0) is 16.1. The van der Waals surface area contributed by atoms with Gasteiger partial charge in [-0.1, -0.05) is 25.0 Å². The maximum Gasteiger partial charge on any atom is 0.272 e. The summed E-state index contributed by atoms with van der Waals surface area (Å²) in [5.41, 5.74) is 2.08. The van der Waals surface area contributed by atoms with Crippen LogP contribution in [0.3, 0.4) is 0 Å². The molecule has 3 aromatic rings. The van der Waals surface area contributed by atoms with E-state index < -0.39 is 0 Å². The third kappa shape index (κ3) is 3.47. The van der Waals surface area contributed by atoms with Crippen LogP contribution < -0.4 is 5.32 Å². The van der Waals surface area contributed by atoms with Crippen molar-refractivity contribution in [3.63, 3.8) is 0 Å². The molecule has 5 nitrogen and oxygen atoms in total. The first-order valence-corrected chi connectivity index (χ1v) is 8.55. The summed E-state index contributed by atoms with van der Waals surface area (Å²) in [4.78, 5) is 16.7. The van der Waals surface area contributed by atoms with Gasteiger partial charge in [-0.15, -0.1) is 0 Å². The van der Waals surface area contributed by atoms with Gasteiger partial charge >= 0.3 is 0 Å². The van der Waals surface area contributed by atoms with E-state index in [1.807, 2.05) is 24.3 Å². The lowest BCUT2D eigenvalue weighted by Gasteiger charge is -2.03. The second-order valence-electron chi connectivity index (χ2n) is 5.53. The van der Waals surface area contributed by atoms with Gasteiger partial charge in [-0.25, -0.2) is 0 Å². The molecule has 0 aliphatic rings. The summed E-state index contributed by atoms with van der Waals surface area (Å²) in [5.74, 6) is 0.786. The number of unbranched alkanes of at least 4 members (excludes halogenated alkanes) is 3. The lowest BCUT2D eigenvalue weighted by atomic mass is 10.1. The topological polar surface area (TPSA) is 70.7 Å². The third-order valence-electron chi connectivity index (χ3n) is 3.89. The Balaban J connectivity index is 1.70. The van der Waals surface area contributed by atoms with E-state index in [0.29, 0.717) is 12.2 Å². The Morgan fingerprint density at radius 3 is 2.91 bits per heavy atom. The Morgan fingerprint density at radius 1 is 1.17 bits per heavy atom. The van der Waals surface area contributed by atoms with Crippen LogP contribution in [0.1, 0.15) is 36.2 Å². The quantitative estimate of drug-likeness (QED) is 0.460. The van der Waals surface area contributed by atoms with Gasteiger partial charge in [-0.05, 0) is 30.7 Å². The molecule has 2 heterocycles. The lowest BCUT2D eigenvalue weighted by Crippen LogP contribution is -2.25. The number of pyridine rings is 1. The number of aromatic nitrogens is 3. The molecule has 0 fully saturated rings. The van der Waals surface area contributed by atoms with Crippen molar-refractivity contribution in [1.82, 2.24) is 20.5 Å². The highest BCUT2D eigenvalue weighted by Gasteiger charge is 2.15. The SMILES string of the molecule is O=C(NCCCCCCS)c1n[nH]c2c1ccc1cccnc12. The number of hydrogen-bond donors (Lipinski definition) is 3. The van der Waals surface area contributed by atoms with Crippen LogP contribution in [0.5, 0.6) is 0 Å². The highest BCUT2D eigenvalue weighted by Crippen LogP contribution is 2.23. The Bertz CT molecular complexity index is 815. The zero-order valence-electron chi connectivity index (χ0n) is 12.9. The van der Waals surface area contributed by atoms with Crippen LogP contribution in [-0.4, -0.2) is 33.4 Å². The molecule has 0 spiro atoms. The van der Waals surface area contributed by atoms with E-state index in [2.05, 4.69) is 33.1 Å². The van der Waals surface area contributed by atoms with E-state index in [0.717, 1.165) is 53.2 Å². The average molecular weight is 328 g/mol. The number of amides is 1. The first-order valence-electron chi connectivity index (χ1n) is 7.92. The number of carbonyl (C=O) groups excluding carboxylic acids is 1. The van der Waals surface area contributed by atoms with Gasteiger partial charge in [0.2, 0.25) is 0 Å². The Kier molecular flexibility index (Phi) is 5.12. The average Bonchev–Trinajstić information content (AvgIpc) is 3.02. The van der Waals surface area contributed by atoms with Crippen LogP contribution in [0.15, 0.2) is 30.5 Å². The number of benzene rings is 1. The molecule has 2 N–H and O–H groups in total. The van der Waals surface area contributed by atoms with Crippen LogP contribution in [-0.2, 0) is 0 Å². The minimum atomic E-state index is -0.138. The summed E-state index contributed by atoms with van der Waals surface area (Å²) in [5, 5.41) is 11.9. The molecule has 120 valence electrons. The Labute approximate surface area is 140 Å². The molecule has 0 saturated heterocycles. The molecule has 0 radical (unpaired) electrons. The number of H-pyrrole nitrogens is 1. The summed E-state index contributed by atoms with van der Waals surface area (Å²) in [6.07, 6.45) is 6.11. The Morgan fingerprint density at radius 2 is 2.04 bits per heavy atom. The summed E-state index contributed by atoms with van der Waals surface area (Å²) in [6, 6.07) is 7.78. The molecular formula is C17H20N4OS. The number of rotatable bonds is 7. The van der Waals surface area contributed by atoms with Crippen molar-refractivity contribution >= 4 is 40.3 Å². The number of aromatic amines is 1. The van der Waals surface area contributed by atoms with Gasteiger partial charge in [-0.2, -0.15) is 17.7 Å². The molecule has 1 aromatic carbocycles. The van der Waals surface area contributed by atoms with Crippen molar-refractivity contribution in [2.24, 2.45) is 0 Å². The van der Waals surface area contributed by atoms with Crippen molar-refractivity contribution in [3.8, 4) is 0 Å². The van der Waals surface area contributed by atoms with E-state index in [1.165, 1.54) is 0 Å². The fourth-order valence-electron chi connectivity index (χ4n) is 2.68. The fraction of sp³-hybridized carbons (Fsp3) is 0.353. The van der Waals surface area contributed by atoms with Gasteiger partial charge in [0.1, 0.15) is 0 Å². The first-order chi connectivity index (χ1) is 11.3. The summed E-state index contributed by atoms with van der Waals surface area (Å²) < 4.78 is 0. The van der Waals surface area contributed by atoms with Gasteiger partial charge in [0, 0.05) is 23.5 Å². The molecule has 3 rings (SSSR count). The van der Waals surface area contributed by atoms with Crippen molar-refractivity contribution in [2.75, 3.05) is 12.3 Å². The molecule has 0 saturated carbocycles. The van der Waals surface area contributed by atoms with E-state index in [-0.39, 0.29) is 5.91 Å². The second-order valence-corrected chi connectivity index (χ2v) is 5.98. The lowest BCUT2D eigenvalue weighted by molar-refractivity contribution is 0.0949.